The number of aromatic nitrogens is 2. The zero-order valence-electron chi connectivity index (χ0n) is 18.3. The Balaban J connectivity index is 1.20. The maximum Gasteiger partial charge on any atom is 0.220 e. The van der Waals surface area contributed by atoms with Crippen molar-refractivity contribution in [1.29, 1.82) is 0 Å². The number of nitrogens with zero attached hydrogens (tertiary/aromatic N) is 3. The molecule has 162 valence electrons. The molecule has 1 aliphatic rings. The molecule has 0 spiro atoms. The van der Waals surface area contributed by atoms with Crippen LogP contribution in [0, 0.1) is 0 Å². The monoisotopic (exact) mass is 416 g/mol. The van der Waals surface area contributed by atoms with Crippen molar-refractivity contribution in [2.45, 2.75) is 58.2 Å². The quantitative estimate of drug-likeness (QED) is 0.588. The van der Waals surface area contributed by atoms with Crippen molar-refractivity contribution in [1.82, 2.24) is 20.0 Å². The zero-order valence-corrected chi connectivity index (χ0v) is 18.3. The predicted octanol–water partition coefficient (Wildman–Crippen LogP) is 4.50. The van der Waals surface area contributed by atoms with E-state index in [1.54, 1.807) is 0 Å². The SMILES string of the molecule is CC1CCCCN1Cc1ccc(CNC(=O)CCc2cnn(-c3ccccc3)c2)cc1. The third-order valence-electron chi connectivity index (χ3n) is 6.14. The first-order chi connectivity index (χ1) is 15.2. The maximum absolute atomic E-state index is 12.3. The van der Waals surface area contributed by atoms with E-state index in [4.69, 9.17) is 0 Å². The lowest BCUT2D eigenvalue weighted by Gasteiger charge is -2.33. The molecule has 1 saturated heterocycles. The molecule has 1 N–H and O–H groups in total. The predicted molar refractivity (Wildman–Crippen MR) is 124 cm³/mol. The van der Waals surface area contributed by atoms with Gasteiger partial charge in [-0.2, -0.15) is 5.10 Å². The number of hydrogen-bond donors (Lipinski definition) is 1. The number of nitrogens with one attached hydrogen (secondary N) is 1. The van der Waals surface area contributed by atoms with Gasteiger partial charge in [0.05, 0.1) is 11.9 Å². The molecule has 5 heteroatoms. The van der Waals surface area contributed by atoms with E-state index in [-0.39, 0.29) is 5.91 Å². The molecule has 1 unspecified atom stereocenters. The first-order valence-corrected chi connectivity index (χ1v) is 11.3. The van der Waals surface area contributed by atoms with Gasteiger partial charge in [0.1, 0.15) is 0 Å². The second kappa shape index (κ2) is 10.4. The highest BCUT2D eigenvalue weighted by molar-refractivity contribution is 5.76. The normalized spacial score (nSPS) is 16.9. The summed E-state index contributed by atoms with van der Waals surface area (Å²) in [5.74, 6) is 0.0682. The Morgan fingerprint density at radius 2 is 1.81 bits per heavy atom. The second-order valence-electron chi connectivity index (χ2n) is 8.54. The summed E-state index contributed by atoms with van der Waals surface area (Å²) in [4.78, 5) is 14.9. The molecule has 0 radical (unpaired) electrons. The third kappa shape index (κ3) is 6.05. The lowest BCUT2D eigenvalue weighted by atomic mass is 10.0. The summed E-state index contributed by atoms with van der Waals surface area (Å²) in [5, 5.41) is 7.43. The highest BCUT2D eigenvalue weighted by atomic mass is 16.1. The molecule has 1 fully saturated rings. The molecule has 0 bridgehead atoms. The number of carbonyl (C=O) groups excluding carboxylic acids is 1. The van der Waals surface area contributed by atoms with Crippen molar-refractivity contribution in [2.75, 3.05) is 6.54 Å². The summed E-state index contributed by atoms with van der Waals surface area (Å²) in [6, 6.07) is 19.3. The van der Waals surface area contributed by atoms with Crippen LogP contribution in [0.2, 0.25) is 0 Å². The van der Waals surface area contributed by atoms with Crippen molar-refractivity contribution in [2.24, 2.45) is 0 Å². The average molecular weight is 417 g/mol. The van der Waals surface area contributed by atoms with Gasteiger partial charge in [0.15, 0.2) is 0 Å². The van der Waals surface area contributed by atoms with Crippen LogP contribution < -0.4 is 5.32 Å². The Morgan fingerprint density at radius 1 is 1.03 bits per heavy atom. The fourth-order valence-electron chi connectivity index (χ4n) is 4.15. The van der Waals surface area contributed by atoms with E-state index < -0.39 is 0 Å². The minimum atomic E-state index is 0.0682. The topological polar surface area (TPSA) is 50.2 Å². The molecule has 1 atom stereocenters. The zero-order chi connectivity index (χ0) is 21.5. The molecule has 0 aliphatic carbocycles. The number of amides is 1. The maximum atomic E-state index is 12.3. The Morgan fingerprint density at radius 3 is 2.58 bits per heavy atom. The smallest absolute Gasteiger partial charge is 0.220 e. The summed E-state index contributed by atoms with van der Waals surface area (Å²) in [6.45, 7) is 5.12. The fraction of sp³-hybridized carbons (Fsp3) is 0.385. The average Bonchev–Trinajstić information content (AvgIpc) is 3.28. The summed E-state index contributed by atoms with van der Waals surface area (Å²) in [6.07, 6.45) is 8.94. The van der Waals surface area contributed by atoms with Crippen LogP contribution in [0.5, 0.6) is 0 Å². The van der Waals surface area contributed by atoms with Crippen LogP contribution >= 0.6 is 0 Å². The number of rotatable bonds is 8. The van der Waals surface area contributed by atoms with E-state index in [1.807, 2.05) is 47.4 Å². The van der Waals surface area contributed by atoms with Crippen LogP contribution in [-0.4, -0.2) is 33.2 Å². The minimum Gasteiger partial charge on any atom is -0.352 e. The van der Waals surface area contributed by atoms with E-state index in [1.165, 1.54) is 31.4 Å². The van der Waals surface area contributed by atoms with Crippen molar-refractivity contribution in [3.05, 3.63) is 83.7 Å². The lowest BCUT2D eigenvalue weighted by Crippen LogP contribution is -2.36. The number of benzene rings is 2. The van der Waals surface area contributed by atoms with Gasteiger partial charge in [0.2, 0.25) is 5.91 Å². The van der Waals surface area contributed by atoms with E-state index in [9.17, 15) is 4.79 Å². The molecular formula is C26H32N4O. The van der Waals surface area contributed by atoms with Gasteiger partial charge >= 0.3 is 0 Å². The van der Waals surface area contributed by atoms with Gasteiger partial charge in [0.25, 0.3) is 0 Å². The molecule has 1 aliphatic heterocycles. The molecule has 2 heterocycles. The Labute approximate surface area is 185 Å². The highest BCUT2D eigenvalue weighted by Gasteiger charge is 2.17. The van der Waals surface area contributed by atoms with Crippen LogP contribution in [0.25, 0.3) is 5.69 Å². The fourth-order valence-corrected chi connectivity index (χ4v) is 4.15. The number of hydrogen-bond acceptors (Lipinski definition) is 3. The number of piperidine rings is 1. The number of carbonyl (C=O) groups is 1. The Bertz CT molecular complexity index is 965. The van der Waals surface area contributed by atoms with Crippen molar-refractivity contribution in [3.63, 3.8) is 0 Å². The standard InChI is InChI=1S/C26H32N4O/c1-21-7-5-6-16-29(21)19-23-12-10-22(11-13-23)17-27-26(31)15-14-24-18-28-30(20-24)25-8-3-2-4-9-25/h2-4,8-13,18,20-21H,5-7,14-17,19H2,1H3,(H,27,31). The van der Waals surface area contributed by atoms with Gasteiger partial charge in [-0.25, -0.2) is 4.68 Å². The minimum absolute atomic E-state index is 0.0682. The van der Waals surface area contributed by atoms with Crippen LogP contribution in [0.4, 0.5) is 0 Å². The van der Waals surface area contributed by atoms with E-state index in [0.717, 1.165) is 23.4 Å². The Hall–Kier alpha value is -2.92. The van der Waals surface area contributed by atoms with Crippen molar-refractivity contribution >= 4 is 5.91 Å². The lowest BCUT2D eigenvalue weighted by molar-refractivity contribution is -0.121. The number of para-hydroxylation sites is 1. The molecule has 0 saturated carbocycles. The van der Waals surface area contributed by atoms with E-state index in [2.05, 4.69) is 46.5 Å². The first kappa shape index (κ1) is 21.3. The molecule has 3 aromatic rings. The number of likely N-dealkylation sites (tertiary alicyclic amines) is 1. The van der Waals surface area contributed by atoms with E-state index >= 15 is 0 Å². The molecule has 31 heavy (non-hydrogen) atoms. The summed E-state index contributed by atoms with van der Waals surface area (Å²) < 4.78 is 1.85. The molecule has 5 nitrogen and oxygen atoms in total. The van der Waals surface area contributed by atoms with Gasteiger partial charge in [-0.05, 0) is 61.6 Å². The van der Waals surface area contributed by atoms with Gasteiger partial charge in [0, 0.05) is 31.7 Å². The summed E-state index contributed by atoms with van der Waals surface area (Å²) in [7, 11) is 0. The second-order valence-corrected chi connectivity index (χ2v) is 8.54. The van der Waals surface area contributed by atoms with Crippen LogP contribution in [0.3, 0.4) is 0 Å². The molecule has 1 aromatic heterocycles. The van der Waals surface area contributed by atoms with Crippen LogP contribution in [0.1, 0.15) is 49.3 Å². The summed E-state index contributed by atoms with van der Waals surface area (Å²) >= 11 is 0. The first-order valence-electron chi connectivity index (χ1n) is 11.3. The number of aryl methyl sites for hydroxylation is 1. The van der Waals surface area contributed by atoms with Gasteiger partial charge < -0.3 is 5.32 Å². The van der Waals surface area contributed by atoms with E-state index in [0.29, 0.717) is 25.4 Å². The van der Waals surface area contributed by atoms with Crippen LogP contribution in [0.15, 0.2) is 67.0 Å². The highest BCUT2D eigenvalue weighted by Crippen LogP contribution is 2.19. The summed E-state index contributed by atoms with van der Waals surface area (Å²) in [5.41, 5.74) is 4.58. The van der Waals surface area contributed by atoms with Crippen molar-refractivity contribution in [3.8, 4) is 5.69 Å². The van der Waals surface area contributed by atoms with Gasteiger partial charge in [-0.1, -0.05) is 48.9 Å². The molecular weight excluding hydrogens is 384 g/mol. The molecule has 2 aromatic carbocycles. The van der Waals surface area contributed by atoms with Gasteiger partial charge in [-0.15, -0.1) is 0 Å². The third-order valence-corrected chi connectivity index (χ3v) is 6.14. The van der Waals surface area contributed by atoms with Crippen LogP contribution in [-0.2, 0) is 24.3 Å². The molecule has 4 rings (SSSR count). The largest absolute Gasteiger partial charge is 0.352 e. The van der Waals surface area contributed by atoms with Crippen molar-refractivity contribution < 1.29 is 4.79 Å². The molecule has 1 amide bonds. The Kier molecular flexibility index (Phi) is 7.15. The van der Waals surface area contributed by atoms with Gasteiger partial charge in [-0.3, -0.25) is 9.69 Å².